The second-order valence-electron chi connectivity index (χ2n) is 4.99. The van der Waals surface area contributed by atoms with Crippen LogP contribution in [0.5, 0.6) is 0 Å². The Morgan fingerprint density at radius 3 is 2.06 bits per heavy atom. The number of carbonyl (C=O) groups is 2. The summed E-state index contributed by atoms with van der Waals surface area (Å²) in [6, 6.07) is 0.00889. The van der Waals surface area contributed by atoms with Crippen LogP contribution in [0.3, 0.4) is 0 Å². The molecule has 18 heavy (non-hydrogen) atoms. The zero-order chi connectivity index (χ0) is 13.5. The molecular weight excluding hydrogens is 230 g/mol. The number of carbonyl (C=O) groups excluding carboxylic acids is 2. The maximum atomic E-state index is 12.3. The Morgan fingerprint density at radius 2 is 1.61 bits per heavy atom. The topological polar surface area (TPSA) is 43.9 Å². The van der Waals surface area contributed by atoms with Gasteiger partial charge in [0.2, 0.25) is 5.91 Å². The SMILES string of the molecule is CCN(CC(=O)N(C)C)C(=O)N1CCCCCC1. The molecule has 0 saturated carbocycles. The lowest BCUT2D eigenvalue weighted by Crippen LogP contribution is -2.47. The fourth-order valence-electron chi connectivity index (χ4n) is 2.08. The van der Waals surface area contributed by atoms with Gasteiger partial charge < -0.3 is 14.7 Å². The van der Waals surface area contributed by atoms with Gasteiger partial charge in [-0.1, -0.05) is 12.8 Å². The summed E-state index contributed by atoms with van der Waals surface area (Å²) in [7, 11) is 3.43. The van der Waals surface area contributed by atoms with E-state index < -0.39 is 0 Å². The van der Waals surface area contributed by atoms with E-state index in [4.69, 9.17) is 0 Å². The van der Waals surface area contributed by atoms with Crippen LogP contribution in [0.15, 0.2) is 0 Å². The summed E-state index contributed by atoms with van der Waals surface area (Å²) in [4.78, 5) is 29.0. The van der Waals surface area contributed by atoms with Gasteiger partial charge in [0, 0.05) is 33.7 Å². The van der Waals surface area contributed by atoms with Crippen molar-refractivity contribution in [2.75, 3.05) is 40.3 Å². The molecule has 0 aliphatic carbocycles. The van der Waals surface area contributed by atoms with Crippen LogP contribution in [-0.4, -0.2) is 66.9 Å². The molecule has 0 radical (unpaired) electrons. The summed E-state index contributed by atoms with van der Waals surface area (Å²) in [5.74, 6) is -0.0278. The smallest absolute Gasteiger partial charge is 0.320 e. The summed E-state index contributed by atoms with van der Waals surface area (Å²) in [5, 5.41) is 0. The minimum atomic E-state index is -0.0278. The van der Waals surface area contributed by atoms with Gasteiger partial charge in [0.15, 0.2) is 0 Å². The number of likely N-dealkylation sites (tertiary alicyclic amines) is 1. The van der Waals surface area contributed by atoms with E-state index in [1.807, 2.05) is 11.8 Å². The predicted octanol–water partition coefficient (Wildman–Crippen LogP) is 1.39. The van der Waals surface area contributed by atoms with E-state index in [0.717, 1.165) is 25.9 Å². The molecule has 0 aromatic carbocycles. The van der Waals surface area contributed by atoms with Crippen LogP contribution in [-0.2, 0) is 4.79 Å². The number of nitrogens with zero attached hydrogens (tertiary/aromatic N) is 3. The standard InChI is InChI=1S/C13H25N3O2/c1-4-15(11-12(17)14(2)3)13(18)16-9-7-5-6-8-10-16/h4-11H2,1-3H3. The van der Waals surface area contributed by atoms with E-state index in [2.05, 4.69) is 0 Å². The van der Waals surface area contributed by atoms with E-state index >= 15 is 0 Å². The maximum Gasteiger partial charge on any atom is 0.320 e. The number of rotatable bonds is 3. The lowest BCUT2D eigenvalue weighted by molar-refractivity contribution is -0.129. The Balaban J connectivity index is 2.57. The molecule has 0 atom stereocenters. The molecule has 1 saturated heterocycles. The second-order valence-corrected chi connectivity index (χ2v) is 4.99. The van der Waals surface area contributed by atoms with Gasteiger partial charge in [-0.25, -0.2) is 4.79 Å². The molecule has 5 heteroatoms. The van der Waals surface area contributed by atoms with E-state index in [9.17, 15) is 9.59 Å². The van der Waals surface area contributed by atoms with Gasteiger partial charge in [-0.05, 0) is 19.8 Å². The van der Waals surface area contributed by atoms with Gasteiger partial charge in [0.25, 0.3) is 0 Å². The molecule has 1 heterocycles. The fraction of sp³-hybridized carbons (Fsp3) is 0.846. The molecule has 0 N–H and O–H groups in total. The average molecular weight is 255 g/mol. The minimum Gasteiger partial charge on any atom is -0.347 e. The first-order valence-corrected chi connectivity index (χ1v) is 6.80. The summed E-state index contributed by atoms with van der Waals surface area (Å²) in [6.07, 6.45) is 4.55. The Hall–Kier alpha value is -1.26. The third kappa shape index (κ3) is 4.20. The van der Waals surface area contributed by atoms with Gasteiger partial charge >= 0.3 is 6.03 Å². The van der Waals surface area contributed by atoms with Crippen molar-refractivity contribution >= 4 is 11.9 Å². The summed E-state index contributed by atoms with van der Waals surface area (Å²) >= 11 is 0. The lowest BCUT2D eigenvalue weighted by atomic mass is 10.2. The molecular formula is C13H25N3O2. The highest BCUT2D eigenvalue weighted by atomic mass is 16.2. The molecule has 0 spiro atoms. The van der Waals surface area contributed by atoms with E-state index in [0.29, 0.717) is 6.54 Å². The van der Waals surface area contributed by atoms with Crippen LogP contribution in [0.25, 0.3) is 0 Å². The first-order valence-electron chi connectivity index (χ1n) is 6.80. The quantitative estimate of drug-likeness (QED) is 0.765. The van der Waals surface area contributed by atoms with Gasteiger partial charge in [0.05, 0.1) is 0 Å². The minimum absolute atomic E-state index is 0.00889. The summed E-state index contributed by atoms with van der Waals surface area (Å²) in [6.45, 7) is 4.32. The molecule has 0 unspecified atom stereocenters. The van der Waals surface area contributed by atoms with E-state index in [-0.39, 0.29) is 18.5 Å². The van der Waals surface area contributed by atoms with Crippen LogP contribution in [0.1, 0.15) is 32.6 Å². The molecule has 3 amide bonds. The Kier molecular flexibility index (Phi) is 5.95. The zero-order valence-electron chi connectivity index (χ0n) is 11.8. The Bertz CT molecular complexity index is 284. The van der Waals surface area contributed by atoms with Crippen LogP contribution in [0.4, 0.5) is 4.79 Å². The average Bonchev–Trinajstić information content (AvgIpc) is 2.63. The first kappa shape index (κ1) is 14.8. The molecule has 1 aliphatic heterocycles. The third-order valence-electron chi connectivity index (χ3n) is 3.35. The highest BCUT2D eigenvalue weighted by Gasteiger charge is 2.22. The predicted molar refractivity (Wildman–Crippen MR) is 71.4 cm³/mol. The monoisotopic (exact) mass is 255 g/mol. The number of hydrogen-bond donors (Lipinski definition) is 0. The largest absolute Gasteiger partial charge is 0.347 e. The molecule has 0 aromatic rings. The van der Waals surface area contributed by atoms with Crippen molar-refractivity contribution in [2.45, 2.75) is 32.6 Å². The van der Waals surface area contributed by atoms with E-state index in [1.54, 1.807) is 19.0 Å². The van der Waals surface area contributed by atoms with Crippen molar-refractivity contribution in [3.8, 4) is 0 Å². The van der Waals surface area contributed by atoms with Gasteiger partial charge in [-0.15, -0.1) is 0 Å². The van der Waals surface area contributed by atoms with Crippen LogP contribution >= 0.6 is 0 Å². The molecule has 1 fully saturated rings. The molecule has 0 bridgehead atoms. The molecule has 5 nitrogen and oxygen atoms in total. The van der Waals surface area contributed by atoms with Crippen molar-refractivity contribution < 1.29 is 9.59 Å². The normalized spacial score (nSPS) is 16.1. The molecule has 1 aliphatic rings. The van der Waals surface area contributed by atoms with Crippen LogP contribution in [0, 0.1) is 0 Å². The molecule has 104 valence electrons. The highest BCUT2D eigenvalue weighted by molar-refractivity contribution is 5.83. The van der Waals surface area contributed by atoms with Crippen molar-refractivity contribution in [1.29, 1.82) is 0 Å². The van der Waals surface area contributed by atoms with Crippen LogP contribution in [0.2, 0.25) is 0 Å². The molecule has 1 rings (SSSR count). The van der Waals surface area contributed by atoms with Crippen LogP contribution < -0.4 is 0 Å². The molecule has 0 aromatic heterocycles. The number of likely N-dealkylation sites (N-methyl/N-ethyl adjacent to an activating group) is 2. The second kappa shape index (κ2) is 7.24. The Labute approximate surface area is 110 Å². The van der Waals surface area contributed by atoms with Crippen molar-refractivity contribution in [2.24, 2.45) is 0 Å². The lowest BCUT2D eigenvalue weighted by Gasteiger charge is -2.29. The van der Waals surface area contributed by atoms with Gasteiger partial charge in [-0.2, -0.15) is 0 Å². The van der Waals surface area contributed by atoms with Crippen molar-refractivity contribution in [3.05, 3.63) is 0 Å². The summed E-state index contributed by atoms with van der Waals surface area (Å²) < 4.78 is 0. The van der Waals surface area contributed by atoms with E-state index in [1.165, 1.54) is 17.7 Å². The van der Waals surface area contributed by atoms with Gasteiger partial charge in [-0.3, -0.25) is 4.79 Å². The van der Waals surface area contributed by atoms with Crippen molar-refractivity contribution in [3.63, 3.8) is 0 Å². The summed E-state index contributed by atoms with van der Waals surface area (Å²) in [5.41, 5.74) is 0. The van der Waals surface area contributed by atoms with Crippen molar-refractivity contribution in [1.82, 2.24) is 14.7 Å². The first-order chi connectivity index (χ1) is 8.56. The number of urea groups is 1. The zero-order valence-corrected chi connectivity index (χ0v) is 11.8. The fourth-order valence-corrected chi connectivity index (χ4v) is 2.08. The number of amides is 3. The Morgan fingerprint density at radius 1 is 1.06 bits per heavy atom. The van der Waals surface area contributed by atoms with Gasteiger partial charge in [0.1, 0.15) is 6.54 Å². The maximum absolute atomic E-state index is 12.3. The number of hydrogen-bond acceptors (Lipinski definition) is 2. The third-order valence-corrected chi connectivity index (χ3v) is 3.35. The highest BCUT2D eigenvalue weighted by Crippen LogP contribution is 2.11.